The number of nitriles is 1. The van der Waals surface area contributed by atoms with E-state index in [2.05, 4.69) is 27.3 Å². The molecule has 2 rings (SSSR count). The molecule has 0 amide bonds. The van der Waals surface area contributed by atoms with E-state index in [0.717, 1.165) is 15.7 Å². The van der Waals surface area contributed by atoms with Gasteiger partial charge in [-0.2, -0.15) is 5.26 Å². The van der Waals surface area contributed by atoms with Gasteiger partial charge in [-0.25, -0.2) is 0 Å². The van der Waals surface area contributed by atoms with Gasteiger partial charge in [0, 0.05) is 4.47 Å². The van der Waals surface area contributed by atoms with E-state index in [1.807, 2.05) is 42.5 Å². The first-order valence-electron chi connectivity index (χ1n) is 5.37. The van der Waals surface area contributed by atoms with Gasteiger partial charge < -0.3 is 5.32 Å². The molecule has 0 aliphatic rings. The Balaban J connectivity index is 2.23. The molecular formula is C14H10BrClN2. The third kappa shape index (κ3) is 3.04. The summed E-state index contributed by atoms with van der Waals surface area (Å²) in [5.74, 6) is 0. The highest BCUT2D eigenvalue weighted by Crippen LogP contribution is 2.26. The van der Waals surface area contributed by atoms with Crippen LogP contribution in [0.2, 0.25) is 5.02 Å². The zero-order valence-electron chi connectivity index (χ0n) is 9.40. The number of rotatable bonds is 3. The Kier molecular flexibility index (Phi) is 4.24. The lowest BCUT2D eigenvalue weighted by Crippen LogP contribution is -2.08. The van der Waals surface area contributed by atoms with Gasteiger partial charge in [-0.3, -0.25) is 0 Å². The molecule has 0 radical (unpaired) electrons. The maximum absolute atomic E-state index is 9.23. The van der Waals surface area contributed by atoms with Crippen LogP contribution in [-0.4, -0.2) is 0 Å². The van der Waals surface area contributed by atoms with Crippen LogP contribution in [0.5, 0.6) is 0 Å². The highest BCUT2D eigenvalue weighted by Gasteiger charge is 2.11. The quantitative estimate of drug-likeness (QED) is 0.883. The van der Waals surface area contributed by atoms with Crippen molar-refractivity contribution in [3.8, 4) is 6.07 Å². The number of nitrogens with one attached hydrogen (secondary N) is 1. The zero-order chi connectivity index (χ0) is 13.0. The Hall–Kier alpha value is -1.50. The molecule has 0 spiro atoms. The average molecular weight is 322 g/mol. The van der Waals surface area contributed by atoms with Gasteiger partial charge in [-0.05, 0) is 29.8 Å². The van der Waals surface area contributed by atoms with Gasteiger partial charge in [0.25, 0.3) is 0 Å². The Morgan fingerprint density at radius 2 is 1.78 bits per heavy atom. The number of benzene rings is 2. The monoisotopic (exact) mass is 320 g/mol. The highest BCUT2D eigenvalue weighted by molar-refractivity contribution is 9.10. The molecule has 1 unspecified atom stereocenters. The lowest BCUT2D eigenvalue weighted by Gasteiger charge is -2.14. The predicted molar refractivity (Wildman–Crippen MR) is 77.6 cm³/mol. The molecule has 1 atom stereocenters. The SMILES string of the molecule is N#CC(Nc1ccccc1Cl)c1ccc(Br)cc1. The maximum atomic E-state index is 9.23. The van der Waals surface area contributed by atoms with Crippen molar-refractivity contribution < 1.29 is 0 Å². The fourth-order valence-electron chi connectivity index (χ4n) is 1.58. The molecule has 0 aromatic heterocycles. The molecule has 2 aromatic rings. The lowest BCUT2D eigenvalue weighted by atomic mass is 10.1. The van der Waals surface area contributed by atoms with Crippen molar-refractivity contribution in [1.29, 1.82) is 5.26 Å². The van der Waals surface area contributed by atoms with Gasteiger partial charge in [0.2, 0.25) is 0 Å². The van der Waals surface area contributed by atoms with E-state index in [0.29, 0.717) is 5.02 Å². The van der Waals surface area contributed by atoms with Crippen LogP contribution in [0.25, 0.3) is 0 Å². The number of hydrogen-bond acceptors (Lipinski definition) is 2. The topological polar surface area (TPSA) is 35.8 Å². The summed E-state index contributed by atoms with van der Waals surface area (Å²) >= 11 is 9.43. The minimum absolute atomic E-state index is 0.419. The van der Waals surface area contributed by atoms with Crippen molar-refractivity contribution in [3.63, 3.8) is 0 Å². The highest BCUT2D eigenvalue weighted by atomic mass is 79.9. The summed E-state index contributed by atoms with van der Waals surface area (Å²) in [5, 5.41) is 13.0. The Morgan fingerprint density at radius 1 is 1.11 bits per heavy atom. The van der Waals surface area contributed by atoms with Gasteiger partial charge in [0.05, 0.1) is 16.8 Å². The number of para-hydroxylation sites is 1. The summed E-state index contributed by atoms with van der Waals surface area (Å²) in [6.07, 6.45) is 0. The smallest absolute Gasteiger partial charge is 0.140 e. The second-order valence-electron chi connectivity index (χ2n) is 3.74. The summed E-state index contributed by atoms with van der Waals surface area (Å²) in [7, 11) is 0. The van der Waals surface area contributed by atoms with Crippen LogP contribution in [0.15, 0.2) is 53.0 Å². The summed E-state index contributed by atoms with van der Waals surface area (Å²) in [5.41, 5.74) is 1.66. The Bertz CT molecular complexity index is 575. The molecular weight excluding hydrogens is 312 g/mol. The molecule has 0 fully saturated rings. The molecule has 0 aliphatic heterocycles. The summed E-state index contributed by atoms with van der Waals surface area (Å²) in [6.45, 7) is 0. The van der Waals surface area contributed by atoms with Crippen LogP contribution < -0.4 is 5.32 Å². The van der Waals surface area contributed by atoms with Crippen molar-refractivity contribution in [2.24, 2.45) is 0 Å². The predicted octanol–water partition coefficient (Wildman–Crippen LogP) is 4.78. The molecule has 1 N–H and O–H groups in total. The summed E-state index contributed by atoms with van der Waals surface area (Å²) < 4.78 is 0.987. The fraction of sp³-hybridized carbons (Fsp3) is 0.0714. The van der Waals surface area contributed by atoms with E-state index in [1.165, 1.54) is 0 Å². The zero-order valence-corrected chi connectivity index (χ0v) is 11.7. The first-order valence-corrected chi connectivity index (χ1v) is 6.54. The molecule has 0 saturated heterocycles. The van der Waals surface area contributed by atoms with Crippen molar-refractivity contribution in [2.75, 3.05) is 5.32 Å². The van der Waals surface area contributed by atoms with Crippen LogP contribution in [0, 0.1) is 11.3 Å². The number of nitrogens with zero attached hydrogens (tertiary/aromatic N) is 1. The summed E-state index contributed by atoms with van der Waals surface area (Å²) in [4.78, 5) is 0. The minimum Gasteiger partial charge on any atom is -0.365 e. The normalized spacial score (nSPS) is 11.6. The van der Waals surface area contributed by atoms with E-state index in [-0.39, 0.29) is 0 Å². The number of anilines is 1. The first-order chi connectivity index (χ1) is 8.70. The summed E-state index contributed by atoms with van der Waals surface area (Å²) in [6, 6.07) is 16.8. The first kappa shape index (κ1) is 12.9. The number of hydrogen-bond donors (Lipinski definition) is 1. The Labute approximate surface area is 119 Å². The van der Waals surface area contributed by atoms with Gasteiger partial charge in [0.15, 0.2) is 0 Å². The minimum atomic E-state index is -0.419. The van der Waals surface area contributed by atoms with Gasteiger partial charge in [-0.1, -0.05) is 51.8 Å². The van der Waals surface area contributed by atoms with Crippen LogP contribution in [0.3, 0.4) is 0 Å². The molecule has 0 bridgehead atoms. The van der Waals surface area contributed by atoms with E-state index in [1.54, 1.807) is 6.07 Å². The number of halogens is 2. The van der Waals surface area contributed by atoms with E-state index in [4.69, 9.17) is 11.6 Å². The third-order valence-corrected chi connectivity index (χ3v) is 3.36. The molecule has 4 heteroatoms. The van der Waals surface area contributed by atoms with Crippen LogP contribution in [0.4, 0.5) is 5.69 Å². The van der Waals surface area contributed by atoms with Crippen LogP contribution in [-0.2, 0) is 0 Å². The van der Waals surface area contributed by atoms with Crippen molar-refractivity contribution in [3.05, 3.63) is 63.6 Å². The molecule has 0 aliphatic carbocycles. The molecule has 0 heterocycles. The average Bonchev–Trinajstić information content (AvgIpc) is 2.39. The fourth-order valence-corrected chi connectivity index (χ4v) is 2.03. The van der Waals surface area contributed by atoms with E-state index < -0.39 is 6.04 Å². The molecule has 2 aromatic carbocycles. The Morgan fingerprint density at radius 3 is 2.39 bits per heavy atom. The largest absolute Gasteiger partial charge is 0.365 e. The van der Waals surface area contributed by atoms with Crippen molar-refractivity contribution in [1.82, 2.24) is 0 Å². The van der Waals surface area contributed by atoms with Gasteiger partial charge in [0.1, 0.15) is 6.04 Å². The van der Waals surface area contributed by atoms with Crippen LogP contribution >= 0.6 is 27.5 Å². The van der Waals surface area contributed by atoms with Crippen molar-refractivity contribution >= 4 is 33.2 Å². The van der Waals surface area contributed by atoms with E-state index in [9.17, 15) is 5.26 Å². The molecule has 90 valence electrons. The van der Waals surface area contributed by atoms with Gasteiger partial charge >= 0.3 is 0 Å². The standard InChI is InChI=1S/C14H10BrClN2/c15-11-7-5-10(6-8-11)14(9-17)18-13-4-2-1-3-12(13)16/h1-8,14,18H. The third-order valence-electron chi connectivity index (χ3n) is 2.51. The lowest BCUT2D eigenvalue weighted by molar-refractivity contribution is 0.997. The second kappa shape index (κ2) is 5.90. The molecule has 0 saturated carbocycles. The van der Waals surface area contributed by atoms with Crippen LogP contribution in [0.1, 0.15) is 11.6 Å². The van der Waals surface area contributed by atoms with Gasteiger partial charge in [-0.15, -0.1) is 0 Å². The molecule has 2 nitrogen and oxygen atoms in total. The molecule has 18 heavy (non-hydrogen) atoms. The maximum Gasteiger partial charge on any atom is 0.140 e. The van der Waals surface area contributed by atoms with E-state index >= 15 is 0 Å². The second-order valence-corrected chi connectivity index (χ2v) is 5.06. The van der Waals surface area contributed by atoms with Crippen molar-refractivity contribution in [2.45, 2.75) is 6.04 Å².